The number of carboxylic acid groups (broad SMARTS) is 1. The van der Waals surface area contributed by atoms with Gasteiger partial charge in [-0.15, -0.1) is 0 Å². The molecule has 4 rings (SSSR count). The molecule has 10 nitrogen and oxygen atoms in total. The van der Waals surface area contributed by atoms with E-state index >= 15 is 0 Å². The molecular weight excluding hydrogens is 426 g/mol. The predicted molar refractivity (Wildman–Crippen MR) is 125 cm³/mol. The molecule has 2 N–H and O–H groups in total. The van der Waals surface area contributed by atoms with Gasteiger partial charge < -0.3 is 25.0 Å². The number of hydrogen-bond donors (Lipinski definition) is 2. The topological polar surface area (TPSA) is 121 Å². The van der Waals surface area contributed by atoms with Crippen LogP contribution in [0.25, 0.3) is 0 Å². The fourth-order valence-corrected chi connectivity index (χ4v) is 4.02. The maximum absolute atomic E-state index is 11.3. The van der Waals surface area contributed by atoms with Crippen LogP contribution in [-0.4, -0.2) is 72.3 Å². The van der Waals surface area contributed by atoms with Gasteiger partial charge in [-0.2, -0.15) is 0 Å². The van der Waals surface area contributed by atoms with E-state index in [9.17, 15) is 20.0 Å². The van der Waals surface area contributed by atoms with Crippen molar-refractivity contribution in [1.82, 2.24) is 4.90 Å². The summed E-state index contributed by atoms with van der Waals surface area (Å²) in [6, 6.07) is 13.3. The molecule has 1 atom stereocenters. The van der Waals surface area contributed by atoms with E-state index in [2.05, 4.69) is 15.1 Å². The molecule has 0 spiro atoms. The molecule has 2 aromatic carbocycles. The molecule has 2 heterocycles. The van der Waals surface area contributed by atoms with Crippen LogP contribution in [0, 0.1) is 10.1 Å². The molecule has 0 radical (unpaired) electrons. The van der Waals surface area contributed by atoms with Crippen LogP contribution in [0.5, 0.6) is 0 Å². The number of anilines is 2. The summed E-state index contributed by atoms with van der Waals surface area (Å²) in [5.74, 6) is -0.287. The fourth-order valence-electron chi connectivity index (χ4n) is 4.02. The van der Waals surface area contributed by atoms with Gasteiger partial charge in [0.2, 0.25) is 0 Å². The van der Waals surface area contributed by atoms with E-state index in [1.807, 2.05) is 6.07 Å². The molecule has 33 heavy (non-hydrogen) atoms. The van der Waals surface area contributed by atoms with Gasteiger partial charge in [0.15, 0.2) is 5.96 Å². The van der Waals surface area contributed by atoms with Gasteiger partial charge in [-0.25, -0.2) is 4.79 Å². The van der Waals surface area contributed by atoms with E-state index in [0.29, 0.717) is 31.3 Å². The average molecular weight is 453 g/mol. The van der Waals surface area contributed by atoms with E-state index in [1.165, 1.54) is 12.1 Å². The highest BCUT2D eigenvalue weighted by atomic mass is 16.6. The zero-order valence-corrected chi connectivity index (χ0v) is 18.2. The van der Waals surface area contributed by atoms with E-state index < -0.39 is 10.9 Å². The first kappa shape index (κ1) is 22.5. The quantitative estimate of drug-likeness (QED) is 0.296. The molecule has 2 fully saturated rings. The molecule has 2 aliphatic rings. The van der Waals surface area contributed by atoms with Crippen LogP contribution < -0.4 is 10.2 Å². The summed E-state index contributed by atoms with van der Waals surface area (Å²) in [7, 11) is 0. The number of nitro benzene ring substituents is 1. The highest BCUT2D eigenvalue weighted by Crippen LogP contribution is 2.21. The molecule has 1 unspecified atom stereocenters. The van der Waals surface area contributed by atoms with E-state index in [1.54, 1.807) is 30.3 Å². The normalized spacial score (nSPS) is 18.9. The van der Waals surface area contributed by atoms with Crippen molar-refractivity contribution in [3.63, 3.8) is 0 Å². The zero-order chi connectivity index (χ0) is 23.2. The molecule has 0 aromatic heterocycles. The second-order valence-corrected chi connectivity index (χ2v) is 8.06. The van der Waals surface area contributed by atoms with Crippen LogP contribution in [0.4, 0.5) is 17.1 Å². The second kappa shape index (κ2) is 10.3. The molecule has 174 valence electrons. The largest absolute Gasteiger partial charge is 0.478 e. The zero-order valence-electron chi connectivity index (χ0n) is 18.2. The summed E-state index contributed by atoms with van der Waals surface area (Å²) in [5, 5.41) is 23.5. The number of nitrogens with zero attached hydrogens (tertiary/aromatic N) is 4. The lowest BCUT2D eigenvalue weighted by molar-refractivity contribution is -0.384. The van der Waals surface area contributed by atoms with Gasteiger partial charge in [0.25, 0.3) is 5.69 Å². The number of benzene rings is 2. The number of ether oxygens (including phenoxy) is 1. The first-order chi connectivity index (χ1) is 16.0. The van der Waals surface area contributed by atoms with E-state index in [4.69, 9.17) is 9.73 Å². The Hall–Kier alpha value is -3.66. The molecule has 0 aliphatic carbocycles. The van der Waals surface area contributed by atoms with E-state index in [-0.39, 0.29) is 17.4 Å². The van der Waals surface area contributed by atoms with Crippen LogP contribution in [0.3, 0.4) is 0 Å². The number of hydrogen-bond acceptors (Lipinski definition) is 6. The van der Waals surface area contributed by atoms with Crippen molar-refractivity contribution in [1.29, 1.82) is 0 Å². The fraction of sp³-hybridized carbons (Fsp3) is 0.391. The van der Waals surface area contributed by atoms with Gasteiger partial charge in [-0.1, -0.05) is 6.07 Å². The third-order valence-corrected chi connectivity index (χ3v) is 5.84. The van der Waals surface area contributed by atoms with Crippen LogP contribution >= 0.6 is 0 Å². The Morgan fingerprint density at radius 2 is 1.94 bits per heavy atom. The maximum atomic E-state index is 11.3. The molecule has 10 heteroatoms. The van der Waals surface area contributed by atoms with E-state index in [0.717, 1.165) is 38.2 Å². The summed E-state index contributed by atoms with van der Waals surface area (Å²) < 4.78 is 5.71. The Kier molecular flexibility index (Phi) is 7.04. The number of carboxylic acids is 1. The van der Waals surface area contributed by atoms with Crippen molar-refractivity contribution in [2.24, 2.45) is 4.99 Å². The van der Waals surface area contributed by atoms with Crippen molar-refractivity contribution >= 4 is 29.0 Å². The number of guanidine groups is 1. The number of non-ortho nitro benzene ring substituents is 1. The average Bonchev–Trinajstić information content (AvgIpc) is 3.36. The van der Waals surface area contributed by atoms with Crippen molar-refractivity contribution in [2.75, 3.05) is 49.5 Å². The Morgan fingerprint density at radius 1 is 1.18 bits per heavy atom. The third-order valence-electron chi connectivity index (χ3n) is 5.84. The number of rotatable bonds is 6. The van der Waals surface area contributed by atoms with Crippen molar-refractivity contribution in [3.8, 4) is 0 Å². The van der Waals surface area contributed by atoms with Crippen LogP contribution in [0.2, 0.25) is 0 Å². The highest BCUT2D eigenvalue weighted by Gasteiger charge is 2.22. The van der Waals surface area contributed by atoms with Crippen LogP contribution in [-0.2, 0) is 4.74 Å². The minimum Gasteiger partial charge on any atom is -0.478 e. The van der Waals surface area contributed by atoms with Gasteiger partial charge in [-0.3, -0.25) is 15.1 Å². The van der Waals surface area contributed by atoms with Gasteiger partial charge in [0.1, 0.15) is 0 Å². The molecule has 2 aliphatic heterocycles. The number of nitrogens with one attached hydrogen (secondary N) is 1. The first-order valence-corrected chi connectivity index (χ1v) is 11.0. The number of piperazine rings is 1. The summed E-state index contributed by atoms with van der Waals surface area (Å²) >= 11 is 0. The smallest absolute Gasteiger partial charge is 0.335 e. The maximum Gasteiger partial charge on any atom is 0.335 e. The van der Waals surface area contributed by atoms with Gasteiger partial charge in [0, 0.05) is 56.3 Å². The number of nitro groups is 1. The van der Waals surface area contributed by atoms with Crippen molar-refractivity contribution < 1.29 is 19.6 Å². The predicted octanol–water partition coefficient (Wildman–Crippen LogP) is 3.06. The molecule has 0 bridgehead atoms. The summed E-state index contributed by atoms with van der Waals surface area (Å²) in [4.78, 5) is 31.0. The van der Waals surface area contributed by atoms with Gasteiger partial charge in [0.05, 0.1) is 23.1 Å². The minimum absolute atomic E-state index is 0.0775. The van der Waals surface area contributed by atoms with Crippen molar-refractivity contribution in [2.45, 2.75) is 18.9 Å². The lowest BCUT2D eigenvalue weighted by Gasteiger charge is -2.37. The molecular formula is C23H27N5O5. The van der Waals surface area contributed by atoms with Gasteiger partial charge in [-0.05, 0) is 43.2 Å². The Bertz CT molecular complexity index is 1010. The monoisotopic (exact) mass is 453 g/mol. The number of carbonyl (C=O) groups is 1. The standard InChI is InChI=1S/C23H27N5O5/c29-22(30)17-3-1-4-18(15-17)25-23(24-16-21-5-2-14-33-21)27-12-10-26(11-13-27)19-6-8-20(9-7-19)28(31)32/h1,3-4,6-9,15,21H,2,5,10-14,16H2,(H,24,25)(H,29,30). The molecule has 0 saturated carbocycles. The summed E-state index contributed by atoms with van der Waals surface area (Å²) in [6.45, 7) is 4.17. The Labute approximate surface area is 191 Å². The van der Waals surface area contributed by atoms with Gasteiger partial charge >= 0.3 is 5.97 Å². The van der Waals surface area contributed by atoms with Crippen LogP contribution in [0.15, 0.2) is 53.5 Å². The second-order valence-electron chi connectivity index (χ2n) is 8.06. The van der Waals surface area contributed by atoms with Crippen LogP contribution in [0.1, 0.15) is 23.2 Å². The summed E-state index contributed by atoms with van der Waals surface area (Å²) in [5.41, 5.74) is 1.90. The SMILES string of the molecule is O=C(O)c1cccc(NC(=NCC2CCCO2)N2CCN(c3ccc([N+](=O)[O-])cc3)CC2)c1. The number of aromatic carboxylic acids is 1. The first-order valence-electron chi connectivity index (χ1n) is 11.0. The summed E-state index contributed by atoms with van der Waals surface area (Å²) in [6.07, 6.45) is 2.13. The third kappa shape index (κ3) is 5.78. The molecule has 0 amide bonds. The Morgan fingerprint density at radius 3 is 2.58 bits per heavy atom. The number of aliphatic imine (C=N–C) groups is 1. The highest BCUT2D eigenvalue weighted by molar-refractivity contribution is 5.96. The molecule has 2 aromatic rings. The lowest BCUT2D eigenvalue weighted by atomic mass is 10.2. The lowest BCUT2D eigenvalue weighted by Crippen LogP contribution is -2.51. The van der Waals surface area contributed by atoms with Crippen molar-refractivity contribution in [3.05, 3.63) is 64.2 Å². The molecule has 2 saturated heterocycles. The Balaban J connectivity index is 1.45. The minimum atomic E-state index is -0.979.